The van der Waals surface area contributed by atoms with Gasteiger partial charge in [0.05, 0.1) is 0 Å². The van der Waals surface area contributed by atoms with Crippen molar-refractivity contribution in [1.29, 1.82) is 5.41 Å². The maximum absolute atomic E-state index is 7.54. The Morgan fingerprint density at radius 1 is 1.31 bits per heavy atom. The molecule has 0 fully saturated rings. The number of nitrogens with one attached hydrogen (secondary N) is 1. The van der Waals surface area contributed by atoms with Crippen molar-refractivity contribution >= 4 is 5.71 Å². The van der Waals surface area contributed by atoms with Crippen LogP contribution in [0, 0.1) is 19.3 Å². The van der Waals surface area contributed by atoms with Gasteiger partial charge >= 0.3 is 0 Å². The van der Waals surface area contributed by atoms with Crippen molar-refractivity contribution in [2.45, 2.75) is 20.3 Å². The molecule has 70 valence electrons. The largest absolute Gasteiger partial charge is 0.326 e. The Hall–Kier alpha value is -1.15. The van der Waals surface area contributed by atoms with Crippen LogP contribution in [0.2, 0.25) is 0 Å². The molecule has 0 atom stereocenters. The van der Waals surface area contributed by atoms with E-state index in [0.29, 0.717) is 18.7 Å². The molecule has 0 aliphatic carbocycles. The molecule has 1 rings (SSSR count). The van der Waals surface area contributed by atoms with E-state index in [9.17, 15) is 0 Å². The standard InChI is InChI=1S/C11H16N2/c1-8-4-3-5-9(2)11(8)6-10(13)7-12/h3-5,13H,6-7,12H2,1-2H3. The molecule has 2 nitrogen and oxygen atoms in total. The molecule has 0 heterocycles. The van der Waals surface area contributed by atoms with Crippen molar-refractivity contribution in [3.63, 3.8) is 0 Å². The number of nitrogens with two attached hydrogens (primary N) is 1. The van der Waals surface area contributed by atoms with Crippen LogP contribution in [0.15, 0.2) is 18.2 Å². The zero-order valence-electron chi connectivity index (χ0n) is 8.22. The van der Waals surface area contributed by atoms with Crippen molar-refractivity contribution in [2.24, 2.45) is 5.73 Å². The number of benzene rings is 1. The van der Waals surface area contributed by atoms with Crippen molar-refractivity contribution in [2.75, 3.05) is 6.54 Å². The maximum Gasteiger partial charge on any atom is 0.0310 e. The Morgan fingerprint density at radius 2 is 1.85 bits per heavy atom. The van der Waals surface area contributed by atoms with Crippen LogP contribution in [0.1, 0.15) is 16.7 Å². The molecule has 0 bridgehead atoms. The maximum atomic E-state index is 7.54. The minimum absolute atomic E-state index is 0.355. The van der Waals surface area contributed by atoms with Gasteiger partial charge in [0, 0.05) is 18.7 Å². The van der Waals surface area contributed by atoms with Crippen molar-refractivity contribution in [1.82, 2.24) is 0 Å². The van der Waals surface area contributed by atoms with Crippen LogP contribution in [0.3, 0.4) is 0 Å². The van der Waals surface area contributed by atoms with Gasteiger partial charge in [-0.25, -0.2) is 0 Å². The second-order valence-corrected chi connectivity index (χ2v) is 3.35. The van der Waals surface area contributed by atoms with Gasteiger partial charge < -0.3 is 11.1 Å². The first-order chi connectivity index (χ1) is 6.15. The first-order valence-electron chi connectivity index (χ1n) is 4.46. The fraction of sp³-hybridized carbons (Fsp3) is 0.364. The first-order valence-corrected chi connectivity index (χ1v) is 4.46. The predicted octanol–water partition coefficient (Wildman–Crippen LogP) is 1.82. The summed E-state index contributed by atoms with van der Waals surface area (Å²) in [7, 11) is 0. The van der Waals surface area contributed by atoms with Crippen LogP contribution in [-0.4, -0.2) is 12.3 Å². The highest BCUT2D eigenvalue weighted by Gasteiger charge is 2.03. The molecule has 0 saturated heterocycles. The molecule has 0 aliphatic heterocycles. The highest BCUT2D eigenvalue weighted by molar-refractivity contribution is 5.85. The van der Waals surface area contributed by atoms with Gasteiger partial charge in [0.25, 0.3) is 0 Å². The monoisotopic (exact) mass is 176 g/mol. The molecule has 0 saturated carbocycles. The minimum Gasteiger partial charge on any atom is -0.326 e. The number of hydrogen-bond donors (Lipinski definition) is 2. The smallest absolute Gasteiger partial charge is 0.0310 e. The van der Waals surface area contributed by atoms with Crippen LogP contribution in [-0.2, 0) is 6.42 Å². The molecule has 0 spiro atoms. The Kier molecular flexibility index (Phi) is 3.20. The third-order valence-corrected chi connectivity index (χ3v) is 2.28. The molecular formula is C11H16N2. The van der Waals surface area contributed by atoms with Gasteiger partial charge in [-0.3, -0.25) is 0 Å². The Balaban J connectivity index is 2.93. The fourth-order valence-electron chi connectivity index (χ4n) is 1.41. The van der Waals surface area contributed by atoms with Gasteiger partial charge in [0.15, 0.2) is 0 Å². The highest BCUT2D eigenvalue weighted by atomic mass is 14.6. The summed E-state index contributed by atoms with van der Waals surface area (Å²) in [5.41, 5.74) is 9.74. The van der Waals surface area contributed by atoms with E-state index in [1.807, 2.05) is 6.07 Å². The van der Waals surface area contributed by atoms with E-state index in [4.69, 9.17) is 11.1 Å². The van der Waals surface area contributed by atoms with Crippen molar-refractivity contribution in [3.8, 4) is 0 Å². The third kappa shape index (κ3) is 2.39. The number of aryl methyl sites for hydroxylation is 2. The minimum atomic E-state index is 0.355. The second-order valence-electron chi connectivity index (χ2n) is 3.35. The van der Waals surface area contributed by atoms with Gasteiger partial charge in [-0.2, -0.15) is 0 Å². The summed E-state index contributed by atoms with van der Waals surface area (Å²) >= 11 is 0. The van der Waals surface area contributed by atoms with Gasteiger partial charge in [-0.15, -0.1) is 0 Å². The first kappa shape index (κ1) is 9.93. The van der Waals surface area contributed by atoms with Crippen LogP contribution >= 0.6 is 0 Å². The molecule has 0 aliphatic rings. The van der Waals surface area contributed by atoms with E-state index in [-0.39, 0.29) is 0 Å². The average Bonchev–Trinajstić information content (AvgIpc) is 2.11. The lowest BCUT2D eigenvalue weighted by Gasteiger charge is -2.09. The molecule has 1 aromatic carbocycles. The third-order valence-electron chi connectivity index (χ3n) is 2.28. The van der Waals surface area contributed by atoms with Crippen molar-refractivity contribution in [3.05, 3.63) is 34.9 Å². The molecule has 13 heavy (non-hydrogen) atoms. The van der Waals surface area contributed by atoms with E-state index < -0.39 is 0 Å². The summed E-state index contributed by atoms with van der Waals surface area (Å²) in [4.78, 5) is 0. The van der Waals surface area contributed by atoms with E-state index in [0.717, 1.165) is 0 Å². The average molecular weight is 176 g/mol. The topological polar surface area (TPSA) is 49.9 Å². The summed E-state index contributed by atoms with van der Waals surface area (Å²) in [6.07, 6.45) is 0.689. The zero-order valence-corrected chi connectivity index (χ0v) is 8.22. The van der Waals surface area contributed by atoms with Crippen LogP contribution in [0.5, 0.6) is 0 Å². The predicted molar refractivity (Wildman–Crippen MR) is 56.4 cm³/mol. The Labute approximate surface area is 79.3 Å². The summed E-state index contributed by atoms with van der Waals surface area (Å²) in [6, 6.07) is 6.19. The summed E-state index contributed by atoms with van der Waals surface area (Å²) < 4.78 is 0. The normalized spacial score (nSPS) is 10.1. The molecule has 3 N–H and O–H groups in total. The van der Waals surface area contributed by atoms with Crippen LogP contribution in [0.25, 0.3) is 0 Å². The molecule has 2 heteroatoms. The Bertz CT molecular complexity index is 296. The van der Waals surface area contributed by atoms with Crippen molar-refractivity contribution < 1.29 is 0 Å². The van der Waals surface area contributed by atoms with Gasteiger partial charge in [0.1, 0.15) is 0 Å². The lowest BCUT2D eigenvalue weighted by Crippen LogP contribution is -2.16. The van der Waals surface area contributed by atoms with Gasteiger partial charge in [0.2, 0.25) is 0 Å². The van der Waals surface area contributed by atoms with Gasteiger partial charge in [-0.1, -0.05) is 18.2 Å². The summed E-state index contributed by atoms with van der Waals surface area (Å²) in [5.74, 6) is 0. The number of rotatable bonds is 3. The van der Waals surface area contributed by atoms with E-state index >= 15 is 0 Å². The SMILES string of the molecule is Cc1cccc(C)c1CC(=N)CN. The number of hydrogen-bond acceptors (Lipinski definition) is 2. The van der Waals surface area contributed by atoms with Crippen LogP contribution < -0.4 is 5.73 Å². The molecule has 1 aromatic rings. The molecule has 0 unspecified atom stereocenters. The molecule has 0 aromatic heterocycles. The lowest BCUT2D eigenvalue weighted by molar-refractivity contribution is 1.13. The molecular weight excluding hydrogens is 160 g/mol. The fourth-order valence-corrected chi connectivity index (χ4v) is 1.41. The van der Waals surface area contributed by atoms with Crippen LogP contribution in [0.4, 0.5) is 0 Å². The zero-order chi connectivity index (χ0) is 9.84. The molecule has 0 amide bonds. The van der Waals surface area contributed by atoms with Gasteiger partial charge in [-0.05, 0) is 30.5 Å². The van der Waals surface area contributed by atoms with E-state index in [1.165, 1.54) is 16.7 Å². The second kappa shape index (κ2) is 4.19. The van der Waals surface area contributed by atoms with E-state index in [1.54, 1.807) is 0 Å². The summed E-state index contributed by atoms with van der Waals surface area (Å²) in [5, 5.41) is 7.54. The highest BCUT2D eigenvalue weighted by Crippen LogP contribution is 2.13. The lowest BCUT2D eigenvalue weighted by atomic mass is 9.98. The van der Waals surface area contributed by atoms with E-state index in [2.05, 4.69) is 26.0 Å². The molecule has 0 radical (unpaired) electrons. The quantitative estimate of drug-likeness (QED) is 0.678. The Morgan fingerprint density at radius 3 is 2.31 bits per heavy atom. The summed E-state index contributed by atoms with van der Waals surface area (Å²) in [6.45, 7) is 4.51.